The molecular weight excluding hydrogens is 188 g/mol. The largest absolute Gasteiger partial charge is 0.336 e. The Balaban J connectivity index is 2.02. The first kappa shape index (κ1) is 10.9. The van der Waals surface area contributed by atoms with Crippen molar-refractivity contribution in [3.8, 4) is 0 Å². The van der Waals surface area contributed by atoms with Crippen molar-refractivity contribution in [2.45, 2.75) is 64.1 Å². The maximum Gasteiger partial charge on any atom is 0.240 e. The number of nitrogens with zero attached hydrogens (tertiary/aromatic N) is 1. The lowest BCUT2D eigenvalue weighted by atomic mass is 9.96. The summed E-state index contributed by atoms with van der Waals surface area (Å²) in [5.74, 6) is 0.340. The zero-order chi connectivity index (χ0) is 10.8. The number of nitrogens with one attached hydrogen (secondary N) is 1. The lowest BCUT2D eigenvalue weighted by molar-refractivity contribution is -0.139. The Morgan fingerprint density at radius 3 is 2.33 bits per heavy atom. The van der Waals surface area contributed by atoms with Gasteiger partial charge in [-0.1, -0.05) is 0 Å². The minimum Gasteiger partial charge on any atom is -0.336 e. The van der Waals surface area contributed by atoms with Gasteiger partial charge in [0, 0.05) is 12.1 Å². The molecule has 1 amide bonds. The summed E-state index contributed by atoms with van der Waals surface area (Å²) in [6, 6.07) is 0.972. The average molecular weight is 210 g/mol. The van der Waals surface area contributed by atoms with Gasteiger partial charge in [-0.25, -0.2) is 0 Å². The Labute approximate surface area is 92.2 Å². The third-order valence-electron chi connectivity index (χ3n) is 3.81. The van der Waals surface area contributed by atoms with Gasteiger partial charge < -0.3 is 10.2 Å². The summed E-state index contributed by atoms with van der Waals surface area (Å²) in [5, 5.41) is 3.30. The van der Waals surface area contributed by atoms with E-state index in [1.807, 2.05) is 0 Å². The average Bonchev–Trinajstić information content (AvgIpc) is 2.69. The summed E-state index contributed by atoms with van der Waals surface area (Å²) in [4.78, 5) is 14.4. The van der Waals surface area contributed by atoms with Crippen LogP contribution in [0.1, 0.15) is 46.0 Å². The first-order valence-corrected chi connectivity index (χ1v) is 6.25. The van der Waals surface area contributed by atoms with Crippen molar-refractivity contribution in [3.05, 3.63) is 0 Å². The van der Waals surface area contributed by atoms with Gasteiger partial charge in [-0.15, -0.1) is 0 Å². The van der Waals surface area contributed by atoms with E-state index < -0.39 is 0 Å². The Hall–Kier alpha value is -0.570. The maximum atomic E-state index is 12.3. The van der Waals surface area contributed by atoms with Gasteiger partial charge in [0.1, 0.15) is 0 Å². The van der Waals surface area contributed by atoms with Crippen LogP contribution in [0, 0.1) is 0 Å². The van der Waals surface area contributed by atoms with Gasteiger partial charge in [-0.05, 0) is 52.5 Å². The number of carbonyl (C=O) groups excluding carboxylic acids is 1. The highest BCUT2D eigenvalue weighted by molar-refractivity contribution is 5.82. The maximum absolute atomic E-state index is 12.3. The van der Waals surface area contributed by atoms with E-state index in [0.717, 1.165) is 19.4 Å². The van der Waals surface area contributed by atoms with Crippen molar-refractivity contribution in [1.29, 1.82) is 0 Å². The van der Waals surface area contributed by atoms with E-state index >= 15 is 0 Å². The zero-order valence-electron chi connectivity index (χ0n) is 9.83. The second kappa shape index (κ2) is 4.52. The van der Waals surface area contributed by atoms with Crippen molar-refractivity contribution in [3.63, 3.8) is 0 Å². The topological polar surface area (TPSA) is 32.3 Å². The van der Waals surface area contributed by atoms with Gasteiger partial charge in [-0.3, -0.25) is 4.79 Å². The SMILES string of the molecule is CC1CCCC(C)N1C(=O)[C@@H]1CCCN1. The molecule has 2 rings (SSSR count). The van der Waals surface area contributed by atoms with Crippen LogP contribution in [0.4, 0.5) is 0 Å². The molecule has 0 aliphatic carbocycles. The second-order valence-electron chi connectivity index (χ2n) is 5.02. The van der Waals surface area contributed by atoms with Gasteiger partial charge in [0.2, 0.25) is 5.91 Å². The van der Waals surface area contributed by atoms with E-state index in [0.29, 0.717) is 18.0 Å². The first-order chi connectivity index (χ1) is 7.20. The molecule has 3 atom stereocenters. The number of rotatable bonds is 1. The van der Waals surface area contributed by atoms with Crippen LogP contribution in [0.5, 0.6) is 0 Å². The van der Waals surface area contributed by atoms with Crippen LogP contribution >= 0.6 is 0 Å². The molecule has 0 aromatic rings. The van der Waals surface area contributed by atoms with Crippen LogP contribution in [0.15, 0.2) is 0 Å². The number of piperidine rings is 1. The monoisotopic (exact) mass is 210 g/mol. The number of likely N-dealkylation sites (tertiary alicyclic amines) is 1. The minimum atomic E-state index is 0.105. The summed E-state index contributed by atoms with van der Waals surface area (Å²) >= 11 is 0. The van der Waals surface area contributed by atoms with E-state index in [1.54, 1.807) is 0 Å². The highest BCUT2D eigenvalue weighted by Gasteiger charge is 2.34. The molecule has 0 spiro atoms. The van der Waals surface area contributed by atoms with Gasteiger partial charge in [-0.2, -0.15) is 0 Å². The quantitative estimate of drug-likeness (QED) is 0.712. The van der Waals surface area contributed by atoms with Crippen LogP contribution in [0.2, 0.25) is 0 Å². The summed E-state index contributed by atoms with van der Waals surface area (Å²) in [6.07, 6.45) is 5.78. The van der Waals surface area contributed by atoms with Crippen LogP contribution in [-0.4, -0.2) is 35.5 Å². The van der Waals surface area contributed by atoms with E-state index in [-0.39, 0.29) is 6.04 Å². The van der Waals surface area contributed by atoms with Crippen LogP contribution in [0.25, 0.3) is 0 Å². The molecule has 0 radical (unpaired) electrons. The predicted octanol–water partition coefficient (Wildman–Crippen LogP) is 1.53. The van der Waals surface area contributed by atoms with Crippen molar-refractivity contribution < 1.29 is 4.79 Å². The zero-order valence-corrected chi connectivity index (χ0v) is 9.83. The van der Waals surface area contributed by atoms with Gasteiger partial charge in [0.15, 0.2) is 0 Å². The molecule has 2 aliphatic heterocycles. The summed E-state index contributed by atoms with van der Waals surface area (Å²) < 4.78 is 0. The summed E-state index contributed by atoms with van der Waals surface area (Å²) in [6.45, 7) is 5.37. The van der Waals surface area contributed by atoms with E-state index in [2.05, 4.69) is 24.1 Å². The molecule has 3 heteroatoms. The third-order valence-corrected chi connectivity index (χ3v) is 3.81. The van der Waals surface area contributed by atoms with E-state index in [9.17, 15) is 4.79 Å². The van der Waals surface area contributed by atoms with E-state index in [4.69, 9.17) is 0 Å². The van der Waals surface area contributed by atoms with Crippen LogP contribution < -0.4 is 5.32 Å². The molecule has 2 fully saturated rings. The van der Waals surface area contributed by atoms with Crippen LogP contribution in [-0.2, 0) is 4.79 Å². The van der Waals surface area contributed by atoms with Gasteiger partial charge >= 0.3 is 0 Å². The number of hydrogen-bond acceptors (Lipinski definition) is 2. The molecule has 2 saturated heterocycles. The third kappa shape index (κ3) is 2.17. The highest BCUT2D eigenvalue weighted by Crippen LogP contribution is 2.24. The van der Waals surface area contributed by atoms with Gasteiger partial charge in [0.25, 0.3) is 0 Å². The molecule has 1 N–H and O–H groups in total. The van der Waals surface area contributed by atoms with E-state index in [1.165, 1.54) is 19.3 Å². The Bertz CT molecular complexity index is 226. The first-order valence-electron chi connectivity index (χ1n) is 6.25. The number of amides is 1. The second-order valence-corrected chi connectivity index (χ2v) is 5.02. The molecule has 0 aromatic carbocycles. The molecule has 2 unspecified atom stereocenters. The van der Waals surface area contributed by atoms with Crippen molar-refractivity contribution in [2.75, 3.05) is 6.54 Å². The standard InChI is InChI=1S/C12H22N2O/c1-9-5-3-6-10(2)14(9)12(15)11-7-4-8-13-11/h9-11,13H,3-8H2,1-2H3/t9?,10?,11-/m0/s1. The molecule has 86 valence electrons. The molecule has 2 heterocycles. The normalized spacial score (nSPS) is 36.9. The van der Waals surface area contributed by atoms with Crippen molar-refractivity contribution in [2.24, 2.45) is 0 Å². The molecule has 0 aromatic heterocycles. The lowest BCUT2D eigenvalue weighted by Crippen LogP contribution is -2.53. The molecule has 15 heavy (non-hydrogen) atoms. The Kier molecular flexibility index (Phi) is 3.29. The predicted molar refractivity (Wildman–Crippen MR) is 60.6 cm³/mol. The highest BCUT2D eigenvalue weighted by atomic mass is 16.2. The van der Waals surface area contributed by atoms with Crippen molar-refractivity contribution >= 4 is 5.91 Å². The fourth-order valence-electron chi connectivity index (χ4n) is 2.93. The molecule has 0 bridgehead atoms. The smallest absolute Gasteiger partial charge is 0.240 e. The molecule has 3 nitrogen and oxygen atoms in total. The minimum absolute atomic E-state index is 0.105. The summed E-state index contributed by atoms with van der Waals surface area (Å²) in [5.41, 5.74) is 0. The number of hydrogen-bond donors (Lipinski definition) is 1. The molecule has 2 aliphatic rings. The summed E-state index contributed by atoms with van der Waals surface area (Å²) in [7, 11) is 0. The lowest BCUT2D eigenvalue weighted by Gasteiger charge is -2.40. The van der Waals surface area contributed by atoms with Gasteiger partial charge in [0.05, 0.1) is 6.04 Å². The Morgan fingerprint density at radius 1 is 1.13 bits per heavy atom. The van der Waals surface area contributed by atoms with Crippen molar-refractivity contribution in [1.82, 2.24) is 10.2 Å². The number of carbonyl (C=O) groups is 1. The Morgan fingerprint density at radius 2 is 1.80 bits per heavy atom. The molecule has 0 saturated carbocycles. The van der Waals surface area contributed by atoms with Crippen LogP contribution in [0.3, 0.4) is 0 Å². The fourth-order valence-corrected chi connectivity index (χ4v) is 2.93. The fraction of sp³-hybridized carbons (Fsp3) is 0.917. The molecular formula is C12H22N2O.